The van der Waals surface area contributed by atoms with Gasteiger partial charge in [-0.2, -0.15) is 0 Å². The molecule has 84 valence electrons. The zero-order valence-electron chi connectivity index (χ0n) is 9.00. The van der Waals surface area contributed by atoms with Crippen molar-refractivity contribution in [3.8, 4) is 0 Å². The maximum absolute atomic E-state index is 10.7. The first-order chi connectivity index (χ1) is 7.85. The Balaban J connectivity index is 2.13. The Kier molecular flexibility index (Phi) is 3.29. The molecule has 1 saturated heterocycles. The summed E-state index contributed by atoms with van der Waals surface area (Å²) in [5, 5.41) is 3.02. The normalized spacial score (nSPS) is 17.1. The van der Waals surface area contributed by atoms with Crippen LogP contribution in [0.25, 0.3) is 0 Å². The third-order valence-corrected chi connectivity index (χ3v) is 3.05. The van der Waals surface area contributed by atoms with E-state index >= 15 is 0 Å². The second-order valence-electron chi connectivity index (χ2n) is 4.04. The van der Waals surface area contributed by atoms with Crippen molar-refractivity contribution in [3.05, 3.63) is 29.2 Å². The Bertz CT molecular complexity index is 384. The van der Waals surface area contributed by atoms with E-state index in [4.69, 9.17) is 0 Å². The van der Waals surface area contributed by atoms with Crippen molar-refractivity contribution in [2.24, 2.45) is 11.1 Å². The fourth-order valence-corrected chi connectivity index (χ4v) is 2.09. The van der Waals surface area contributed by atoms with Crippen LogP contribution < -0.4 is 4.90 Å². The Hall–Kier alpha value is -1.71. The van der Waals surface area contributed by atoms with Gasteiger partial charge in [-0.3, -0.25) is 0 Å². The molecule has 1 aliphatic heterocycles. The van der Waals surface area contributed by atoms with Gasteiger partial charge in [0, 0.05) is 19.0 Å². The fourth-order valence-electron chi connectivity index (χ4n) is 2.09. The van der Waals surface area contributed by atoms with E-state index in [9.17, 15) is 9.70 Å². The highest BCUT2D eigenvalue weighted by atomic mass is 16.3. The number of anilines is 1. The minimum atomic E-state index is 0.174. The van der Waals surface area contributed by atoms with E-state index in [1.807, 2.05) is 12.1 Å². The van der Waals surface area contributed by atoms with E-state index in [-0.39, 0.29) is 5.92 Å². The number of carbonyl (C=O) groups excluding carboxylic acids is 1. The Labute approximate surface area is 94.2 Å². The third kappa shape index (κ3) is 2.10. The molecule has 0 unspecified atom stereocenters. The number of rotatable bonds is 3. The lowest BCUT2D eigenvalue weighted by Crippen LogP contribution is -2.34. The first-order valence-electron chi connectivity index (χ1n) is 5.48. The van der Waals surface area contributed by atoms with Gasteiger partial charge in [0.15, 0.2) is 0 Å². The summed E-state index contributed by atoms with van der Waals surface area (Å²) in [6, 6.07) is 7.32. The standard InChI is InChI=1S/C12H14N2O2/c15-9-10-5-7-14(8-6-10)12-4-2-1-3-11(12)13-16/h1-4,9-10H,5-8H2. The molecular weight excluding hydrogens is 204 g/mol. The average Bonchev–Trinajstić information content (AvgIpc) is 2.39. The van der Waals surface area contributed by atoms with Crippen LogP contribution in [0.3, 0.4) is 0 Å². The van der Waals surface area contributed by atoms with Crippen LogP contribution in [0.4, 0.5) is 11.4 Å². The molecule has 0 spiro atoms. The third-order valence-electron chi connectivity index (χ3n) is 3.05. The summed E-state index contributed by atoms with van der Waals surface area (Å²) in [6.45, 7) is 1.63. The van der Waals surface area contributed by atoms with Crippen molar-refractivity contribution in [2.75, 3.05) is 18.0 Å². The van der Waals surface area contributed by atoms with E-state index in [2.05, 4.69) is 10.1 Å². The van der Waals surface area contributed by atoms with Crippen LogP contribution in [0.2, 0.25) is 0 Å². The molecule has 4 heteroatoms. The van der Waals surface area contributed by atoms with Crippen LogP contribution in [0.15, 0.2) is 29.4 Å². The highest BCUT2D eigenvalue weighted by Crippen LogP contribution is 2.30. The summed E-state index contributed by atoms with van der Waals surface area (Å²) in [5.74, 6) is 0.174. The van der Waals surface area contributed by atoms with Crippen LogP contribution in [0, 0.1) is 10.8 Å². The molecular formula is C12H14N2O2. The van der Waals surface area contributed by atoms with Crippen molar-refractivity contribution in [3.63, 3.8) is 0 Å². The number of hydrogen-bond acceptors (Lipinski definition) is 4. The van der Waals surface area contributed by atoms with Crippen LogP contribution in [0.1, 0.15) is 12.8 Å². The highest BCUT2D eigenvalue weighted by molar-refractivity contribution is 5.67. The molecule has 0 amide bonds. The molecule has 0 N–H and O–H groups in total. The minimum Gasteiger partial charge on any atom is -0.370 e. The molecule has 1 heterocycles. The molecule has 0 aromatic heterocycles. The second kappa shape index (κ2) is 4.88. The molecule has 0 aliphatic carbocycles. The smallest absolute Gasteiger partial charge is 0.131 e. The lowest BCUT2D eigenvalue weighted by atomic mass is 9.98. The number of piperidine rings is 1. The van der Waals surface area contributed by atoms with Crippen molar-refractivity contribution in [2.45, 2.75) is 12.8 Å². The van der Waals surface area contributed by atoms with E-state index < -0.39 is 0 Å². The molecule has 1 fully saturated rings. The van der Waals surface area contributed by atoms with E-state index in [1.54, 1.807) is 12.1 Å². The van der Waals surface area contributed by atoms with E-state index in [1.165, 1.54) is 0 Å². The molecule has 0 bridgehead atoms. The van der Waals surface area contributed by atoms with E-state index in [0.29, 0.717) is 5.69 Å². The van der Waals surface area contributed by atoms with Gasteiger partial charge in [0.05, 0.1) is 5.69 Å². The zero-order chi connectivity index (χ0) is 11.4. The summed E-state index contributed by atoms with van der Waals surface area (Å²) in [4.78, 5) is 23.4. The Morgan fingerprint density at radius 1 is 1.25 bits per heavy atom. The second-order valence-corrected chi connectivity index (χ2v) is 4.04. The lowest BCUT2D eigenvalue weighted by Gasteiger charge is -2.31. The Morgan fingerprint density at radius 3 is 2.56 bits per heavy atom. The number of para-hydroxylation sites is 1. The van der Waals surface area contributed by atoms with Gasteiger partial charge in [0.2, 0.25) is 0 Å². The molecule has 0 radical (unpaired) electrons. The summed E-state index contributed by atoms with van der Waals surface area (Å²) in [7, 11) is 0. The number of nitroso groups, excluding NO2 is 1. The molecule has 1 aliphatic rings. The summed E-state index contributed by atoms with van der Waals surface area (Å²) in [6.07, 6.45) is 2.74. The lowest BCUT2D eigenvalue weighted by molar-refractivity contribution is -0.111. The minimum absolute atomic E-state index is 0.174. The number of aldehydes is 1. The molecule has 1 aromatic rings. The van der Waals surface area contributed by atoms with Crippen molar-refractivity contribution >= 4 is 17.7 Å². The zero-order valence-corrected chi connectivity index (χ0v) is 9.00. The molecule has 4 nitrogen and oxygen atoms in total. The first kappa shape index (κ1) is 10.8. The largest absolute Gasteiger partial charge is 0.370 e. The maximum Gasteiger partial charge on any atom is 0.131 e. The number of carbonyl (C=O) groups is 1. The van der Waals surface area contributed by atoms with Gasteiger partial charge in [-0.05, 0) is 30.2 Å². The van der Waals surface area contributed by atoms with Crippen molar-refractivity contribution in [1.29, 1.82) is 0 Å². The molecule has 0 saturated carbocycles. The van der Waals surface area contributed by atoms with Gasteiger partial charge in [-0.25, -0.2) is 0 Å². The van der Waals surface area contributed by atoms with Gasteiger partial charge in [0.1, 0.15) is 12.0 Å². The van der Waals surface area contributed by atoms with Crippen LogP contribution in [-0.4, -0.2) is 19.4 Å². The van der Waals surface area contributed by atoms with Gasteiger partial charge in [-0.1, -0.05) is 12.1 Å². The predicted molar refractivity (Wildman–Crippen MR) is 62.9 cm³/mol. The van der Waals surface area contributed by atoms with Gasteiger partial charge in [0.25, 0.3) is 0 Å². The summed E-state index contributed by atoms with van der Waals surface area (Å²) >= 11 is 0. The molecule has 16 heavy (non-hydrogen) atoms. The van der Waals surface area contributed by atoms with Crippen LogP contribution in [-0.2, 0) is 4.79 Å². The van der Waals surface area contributed by atoms with Crippen LogP contribution >= 0.6 is 0 Å². The summed E-state index contributed by atoms with van der Waals surface area (Å²) in [5.41, 5.74) is 1.36. The fraction of sp³-hybridized carbons (Fsp3) is 0.417. The average molecular weight is 218 g/mol. The quantitative estimate of drug-likeness (QED) is 0.578. The number of nitrogens with zero attached hydrogens (tertiary/aromatic N) is 2. The van der Waals surface area contributed by atoms with Gasteiger partial charge >= 0.3 is 0 Å². The monoisotopic (exact) mass is 218 g/mol. The number of benzene rings is 1. The van der Waals surface area contributed by atoms with Crippen molar-refractivity contribution in [1.82, 2.24) is 0 Å². The number of hydrogen-bond donors (Lipinski definition) is 0. The highest BCUT2D eigenvalue weighted by Gasteiger charge is 2.20. The molecule has 1 aromatic carbocycles. The van der Waals surface area contributed by atoms with E-state index in [0.717, 1.165) is 37.9 Å². The predicted octanol–water partition coefficient (Wildman–Crippen LogP) is 2.50. The summed E-state index contributed by atoms with van der Waals surface area (Å²) < 4.78 is 0. The first-order valence-corrected chi connectivity index (χ1v) is 5.48. The topological polar surface area (TPSA) is 49.7 Å². The van der Waals surface area contributed by atoms with Gasteiger partial charge in [-0.15, -0.1) is 4.91 Å². The van der Waals surface area contributed by atoms with Crippen LogP contribution in [0.5, 0.6) is 0 Å². The Morgan fingerprint density at radius 2 is 1.94 bits per heavy atom. The molecule has 0 atom stereocenters. The SMILES string of the molecule is O=CC1CCN(c2ccccc2N=O)CC1. The van der Waals surface area contributed by atoms with Crippen molar-refractivity contribution < 1.29 is 4.79 Å². The van der Waals surface area contributed by atoms with Gasteiger partial charge < -0.3 is 9.69 Å². The maximum atomic E-state index is 10.7. The molecule has 2 rings (SSSR count).